The lowest BCUT2D eigenvalue weighted by molar-refractivity contribution is -0.279. The number of benzene rings is 1. The zero-order valence-corrected chi connectivity index (χ0v) is 18.3. The highest BCUT2D eigenvalue weighted by Crippen LogP contribution is 2.49. The number of hydrogen-bond acceptors (Lipinski definition) is 4. The van der Waals surface area contributed by atoms with E-state index in [0.29, 0.717) is 17.5 Å². The molecule has 2 saturated heterocycles. The molecule has 0 aliphatic carbocycles. The number of carbonyl (C=O) groups excluding carboxylic acids is 1. The number of fused-ring (bicyclic) bond motifs is 2. The summed E-state index contributed by atoms with van der Waals surface area (Å²) in [5.41, 5.74) is 0.841. The smallest absolute Gasteiger partial charge is 0.380 e. The molecule has 0 radical (unpaired) electrons. The minimum absolute atomic E-state index is 0.0183. The molecule has 0 spiro atoms. The van der Waals surface area contributed by atoms with Crippen molar-refractivity contribution in [1.82, 2.24) is 9.47 Å². The lowest BCUT2D eigenvalue weighted by atomic mass is 9.84. The largest absolute Gasteiger partial charge is 0.417 e. The van der Waals surface area contributed by atoms with E-state index >= 15 is 0 Å². The van der Waals surface area contributed by atoms with Crippen LogP contribution in [-0.2, 0) is 0 Å². The lowest BCUT2D eigenvalue weighted by Crippen LogP contribution is -2.58. The Morgan fingerprint density at radius 1 is 1.25 bits per heavy atom. The summed E-state index contributed by atoms with van der Waals surface area (Å²) < 4.78 is 42.2. The molecule has 32 heavy (non-hydrogen) atoms. The van der Waals surface area contributed by atoms with Gasteiger partial charge in [-0.05, 0) is 56.5 Å². The molecule has 1 N–H and O–H groups in total. The first-order valence-electron chi connectivity index (χ1n) is 10.7. The predicted octanol–water partition coefficient (Wildman–Crippen LogP) is 4.31. The fourth-order valence-electron chi connectivity index (χ4n) is 5.51. The number of aryl methyl sites for hydroxylation is 1. The number of hydrogen-bond donors (Lipinski definition) is 1. The predicted molar refractivity (Wildman–Crippen MR) is 113 cm³/mol. The van der Waals surface area contributed by atoms with Gasteiger partial charge in [-0.2, -0.15) is 18.4 Å². The number of aromatic nitrogens is 1. The SMILES string of the molecule is Cc1cc(C(=O)CN2[C@@H]3C[C@H](C)[C@@H]2C[C@](O)(C(F)(F)F)C3)c(C)n1-c1ccc(C#N)cc1. The van der Waals surface area contributed by atoms with Gasteiger partial charge in [0.15, 0.2) is 11.4 Å². The van der Waals surface area contributed by atoms with E-state index in [2.05, 4.69) is 6.07 Å². The molecule has 170 valence electrons. The maximum absolute atomic E-state index is 13.4. The highest BCUT2D eigenvalue weighted by atomic mass is 19.4. The molecule has 0 amide bonds. The third kappa shape index (κ3) is 3.63. The highest BCUT2D eigenvalue weighted by molar-refractivity contribution is 5.99. The fourth-order valence-corrected chi connectivity index (χ4v) is 5.51. The van der Waals surface area contributed by atoms with Crippen LogP contribution >= 0.6 is 0 Å². The standard InChI is InChI=1S/C24H26F3N3O2/c1-14-8-19-10-23(32,24(25,26)27)11-21(14)29(19)13-22(31)20-9-15(2)30(16(20)3)18-6-4-17(12-28)5-7-18/h4-7,9,14,19,21,32H,8,10-11,13H2,1-3H3/t14-,19+,21-,23-/m0/s1. The fraction of sp³-hybridized carbons (Fsp3) is 0.500. The normalized spacial score (nSPS) is 28.0. The molecule has 4 atom stereocenters. The average Bonchev–Trinajstić information content (AvgIpc) is 3.11. The van der Waals surface area contributed by atoms with Gasteiger partial charge in [0.2, 0.25) is 0 Å². The van der Waals surface area contributed by atoms with Crippen LogP contribution in [0.2, 0.25) is 0 Å². The molecule has 2 bridgehead atoms. The Bertz CT molecular complexity index is 1080. The topological polar surface area (TPSA) is 69.3 Å². The number of nitrogens with zero attached hydrogens (tertiary/aromatic N) is 3. The van der Waals surface area contributed by atoms with Crippen molar-refractivity contribution in [1.29, 1.82) is 5.26 Å². The Labute approximate surface area is 185 Å². The average molecular weight is 445 g/mol. The zero-order chi connectivity index (χ0) is 23.4. The maximum atomic E-state index is 13.4. The van der Waals surface area contributed by atoms with Crippen LogP contribution in [0.15, 0.2) is 30.3 Å². The van der Waals surface area contributed by atoms with E-state index in [0.717, 1.165) is 17.1 Å². The van der Waals surface area contributed by atoms with Gasteiger partial charge >= 0.3 is 6.18 Å². The molecule has 5 nitrogen and oxygen atoms in total. The molecule has 2 aliphatic rings. The molecule has 2 aromatic rings. The third-order valence-electron chi connectivity index (χ3n) is 7.16. The Balaban J connectivity index is 1.57. The van der Waals surface area contributed by atoms with Crippen LogP contribution in [0.1, 0.15) is 53.5 Å². The van der Waals surface area contributed by atoms with Gasteiger partial charge in [-0.3, -0.25) is 9.69 Å². The number of alkyl halides is 3. The first-order valence-corrected chi connectivity index (χ1v) is 10.7. The van der Waals surface area contributed by atoms with Crippen molar-refractivity contribution in [2.24, 2.45) is 5.92 Å². The quantitative estimate of drug-likeness (QED) is 0.712. The first kappa shape index (κ1) is 22.6. The molecular formula is C24H26F3N3O2. The summed E-state index contributed by atoms with van der Waals surface area (Å²) in [7, 11) is 0. The summed E-state index contributed by atoms with van der Waals surface area (Å²) in [6, 6.07) is 9.99. The van der Waals surface area contributed by atoms with E-state index in [1.807, 2.05) is 42.4 Å². The minimum Gasteiger partial charge on any atom is -0.380 e. The third-order valence-corrected chi connectivity index (χ3v) is 7.16. The van der Waals surface area contributed by atoms with Crippen molar-refractivity contribution in [3.63, 3.8) is 0 Å². The first-order chi connectivity index (χ1) is 14.9. The molecule has 1 aromatic heterocycles. The molecule has 3 heterocycles. The molecule has 2 aliphatic heterocycles. The second kappa shape index (κ2) is 7.75. The number of rotatable bonds is 4. The molecule has 2 fully saturated rings. The van der Waals surface area contributed by atoms with Crippen molar-refractivity contribution in [3.8, 4) is 11.8 Å². The van der Waals surface area contributed by atoms with Gasteiger partial charge < -0.3 is 9.67 Å². The van der Waals surface area contributed by atoms with Crippen molar-refractivity contribution in [2.75, 3.05) is 6.54 Å². The molecule has 1 aromatic carbocycles. The lowest BCUT2D eigenvalue weighted by Gasteiger charge is -2.44. The second-order valence-electron chi connectivity index (χ2n) is 9.25. The zero-order valence-electron chi connectivity index (χ0n) is 18.3. The number of halogens is 3. The van der Waals surface area contributed by atoms with E-state index in [9.17, 15) is 23.1 Å². The van der Waals surface area contributed by atoms with E-state index in [1.54, 1.807) is 18.2 Å². The van der Waals surface area contributed by atoms with Crippen LogP contribution in [0.4, 0.5) is 13.2 Å². The Kier molecular flexibility index (Phi) is 5.46. The van der Waals surface area contributed by atoms with Gasteiger partial charge in [0, 0.05) is 47.6 Å². The number of aliphatic hydroxyl groups is 1. The van der Waals surface area contributed by atoms with Crippen LogP contribution in [-0.4, -0.2) is 50.8 Å². The van der Waals surface area contributed by atoms with Gasteiger partial charge in [0.25, 0.3) is 0 Å². The van der Waals surface area contributed by atoms with Crippen LogP contribution in [0.5, 0.6) is 0 Å². The Morgan fingerprint density at radius 2 is 1.91 bits per heavy atom. The van der Waals surface area contributed by atoms with Gasteiger partial charge in [0.1, 0.15) is 0 Å². The van der Waals surface area contributed by atoms with Crippen LogP contribution in [0, 0.1) is 31.1 Å². The summed E-state index contributed by atoms with van der Waals surface area (Å²) in [4.78, 5) is 15.1. The van der Waals surface area contributed by atoms with Crippen LogP contribution < -0.4 is 0 Å². The molecule has 0 unspecified atom stereocenters. The minimum atomic E-state index is -4.67. The van der Waals surface area contributed by atoms with E-state index in [-0.39, 0.29) is 18.2 Å². The summed E-state index contributed by atoms with van der Waals surface area (Å²) in [5, 5.41) is 19.3. The van der Waals surface area contributed by atoms with Crippen molar-refractivity contribution >= 4 is 5.78 Å². The van der Waals surface area contributed by atoms with E-state index in [1.165, 1.54) is 0 Å². The summed E-state index contributed by atoms with van der Waals surface area (Å²) in [5.74, 6) is -0.158. The highest BCUT2D eigenvalue weighted by Gasteiger charge is 2.62. The summed E-state index contributed by atoms with van der Waals surface area (Å²) in [6.07, 6.45) is -4.92. The van der Waals surface area contributed by atoms with E-state index in [4.69, 9.17) is 5.26 Å². The number of carbonyl (C=O) groups is 1. The van der Waals surface area contributed by atoms with Gasteiger partial charge in [-0.15, -0.1) is 0 Å². The molecular weight excluding hydrogens is 419 g/mol. The summed E-state index contributed by atoms with van der Waals surface area (Å²) >= 11 is 0. The Hall–Kier alpha value is -2.63. The van der Waals surface area contributed by atoms with E-state index < -0.39 is 36.7 Å². The second-order valence-corrected chi connectivity index (χ2v) is 9.25. The molecule has 4 rings (SSSR count). The van der Waals surface area contributed by atoms with Crippen LogP contribution in [0.3, 0.4) is 0 Å². The molecule has 0 saturated carbocycles. The monoisotopic (exact) mass is 445 g/mol. The van der Waals surface area contributed by atoms with Crippen molar-refractivity contribution < 1.29 is 23.1 Å². The number of nitriles is 1. The van der Waals surface area contributed by atoms with Crippen molar-refractivity contribution in [3.05, 3.63) is 52.8 Å². The summed E-state index contributed by atoms with van der Waals surface area (Å²) in [6.45, 7) is 5.65. The Morgan fingerprint density at radius 3 is 2.47 bits per heavy atom. The van der Waals surface area contributed by atoms with Crippen molar-refractivity contribution in [2.45, 2.75) is 63.9 Å². The van der Waals surface area contributed by atoms with Gasteiger partial charge in [-0.1, -0.05) is 6.92 Å². The number of piperidine rings is 1. The van der Waals surface area contributed by atoms with Gasteiger partial charge in [0.05, 0.1) is 18.2 Å². The van der Waals surface area contributed by atoms with Crippen LogP contribution in [0.25, 0.3) is 5.69 Å². The molecule has 8 heteroatoms. The number of ketones is 1. The van der Waals surface area contributed by atoms with Gasteiger partial charge in [-0.25, -0.2) is 0 Å². The maximum Gasteiger partial charge on any atom is 0.417 e. The number of Topliss-reactive ketones (excluding diaryl/α,β-unsaturated/α-hetero) is 1.